The van der Waals surface area contributed by atoms with Crippen molar-refractivity contribution in [2.75, 3.05) is 5.73 Å². The summed E-state index contributed by atoms with van der Waals surface area (Å²) in [6, 6.07) is 0. The number of amides is 1. The number of hydrogen-bond acceptors (Lipinski definition) is 4. The molecule has 2 aromatic heterocycles. The van der Waals surface area contributed by atoms with Crippen molar-refractivity contribution in [3.63, 3.8) is 0 Å². The number of fused-ring (bicyclic) bond motifs is 2. The minimum absolute atomic E-state index is 0.138. The Hall–Kier alpha value is -2.11. The summed E-state index contributed by atoms with van der Waals surface area (Å²) in [6.45, 7) is 3.46. The molecule has 0 radical (unpaired) electrons. The third kappa shape index (κ3) is 1.83. The number of nitrogens with two attached hydrogens (primary N) is 1. The van der Waals surface area contributed by atoms with Gasteiger partial charge in [0, 0.05) is 6.54 Å². The van der Waals surface area contributed by atoms with E-state index in [0.29, 0.717) is 17.8 Å². The Morgan fingerprint density at radius 2 is 2.32 bits per heavy atom. The lowest BCUT2D eigenvalue weighted by Crippen LogP contribution is -2.13. The van der Waals surface area contributed by atoms with E-state index in [-0.39, 0.29) is 5.91 Å². The second-order valence-electron chi connectivity index (χ2n) is 4.84. The van der Waals surface area contributed by atoms with Crippen molar-refractivity contribution in [1.29, 1.82) is 0 Å². The second-order valence-corrected chi connectivity index (χ2v) is 4.84. The van der Waals surface area contributed by atoms with Gasteiger partial charge >= 0.3 is 0 Å². The highest BCUT2D eigenvalue weighted by Crippen LogP contribution is 2.28. The normalized spacial score (nSPS) is 13.8. The topological polar surface area (TPSA) is 85.8 Å². The number of aryl methyl sites for hydroxylation is 1. The van der Waals surface area contributed by atoms with Gasteiger partial charge in [-0.25, -0.2) is 9.67 Å². The van der Waals surface area contributed by atoms with Crippen LogP contribution in [0.3, 0.4) is 0 Å². The Balaban J connectivity index is 2.05. The molecule has 0 unspecified atom stereocenters. The van der Waals surface area contributed by atoms with Gasteiger partial charge in [-0.3, -0.25) is 4.79 Å². The molecule has 0 spiro atoms. The first-order chi connectivity index (χ1) is 9.22. The number of pyridine rings is 1. The maximum absolute atomic E-state index is 11.7. The van der Waals surface area contributed by atoms with E-state index in [2.05, 4.69) is 22.3 Å². The van der Waals surface area contributed by atoms with Crippen molar-refractivity contribution in [3.8, 4) is 0 Å². The smallest absolute Gasteiger partial charge is 0.255 e. The van der Waals surface area contributed by atoms with E-state index in [1.54, 1.807) is 6.20 Å². The van der Waals surface area contributed by atoms with Crippen LogP contribution < -0.4 is 11.1 Å². The molecule has 1 amide bonds. The summed E-state index contributed by atoms with van der Waals surface area (Å²) >= 11 is 0. The molecule has 0 aliphatic carbocycles. The summed E-state index contributed by atoms with van der Waals surface area (Å²) in [5.41, 5.74) is 8.60. The summed E-state index contributed by atoms with van der Waals surface area (Å²) < 4.78 is 1.88. The fourth-order valence-electron chi connectivity index (χ4n) is 2.47. The molecule has 1 aliphatic rings. The maximum atomic E-state index is 11.7. The summed E-state index contributed by atoms with van der Waals surface area (Å²) in [5, 5.41) is 7.86. The van der Waals surface area contributed by atoms with Crippen LogP contribution in [-0.4, -0.2) is 20.7 Å². The molecule has 0 aromatic carbocycles. The molecule has 0 fully saturated rings. The number of unbranched alkanes of at least 4 members (excludes halogenated alkanes) is 2. The Morgan fingerprint density at radius 3 is 3.11 bits per heavy atom. The molecule has 0 saturated carbocycles. The van der Waals surface area contributed by atoms with Gasteiger partial charge in [0.1, 0.15) is 0 Å². The lowest BCUT2D eigenvalue weighted by molar-refractivity contribution is 0.0966. The average molecular weight is 259 g/mol. The Bertz CT molecular complexity index is 646. The Kier molecular flexibility index (Phi) is 2.85. The fraction of sp³-hybridized carbons (Fsp3) is 0.462. The molecule has 6 heteroatoms. The molecule has 0 saturated heterocycles. The number of hydrogen-bond donors (Lipinski definition) is 2. The lowest BCUT2D eigenvalue weighted by Gasteiger charge is -2.05. The van der Waals surface area contributed by atoms with Crippen molar-refractivity contribution in [3.05, 3.63) is 17.5 Å². The molecule has 1 aliphatic heterocycles. The quantitative estimate of drug-likeness (QED) is 0.814. The van der Waals surface area contributed by atoms with E-state index in [1.807, 2.05) is 4.68 Å². The first-order valence-corrected chi connectivity index (χ1v) is 6.64. The van der Waals surface area contributed by atoms with Gasteiger partial charge in [-0.2, -0.15) is 5.10 Å². The van der Waals surface area contributed by atoms with Crippen LogP contribution in [-0.2, 0) is 13.1 Å². The SMILES string of the molecule is CCCCCn1ncc2c(N)c3c(nc21)CNC3=O. The highest BCUT2D eigenvalue weighted by Gasteiger charge is 2.26. The second kappa shape index (κ2) is 4.53. The number of anilines is 1. The van der Waals surface area contributed by atoms with Gasteiger partial charge in [-0.15, -0.1) is 0 Å². The van der Waals surface area contributed by atoms with Crippen LogP contribution in [0.5, 0.6) is 0 Å². The zero-order valence-electron chi connectivity index (χ0n) is 10.9. The van der Waals surface area contributed by atoms with Crippen LogP contribution in [0.25, 0.3) is 11.0 Å². The van der Waals surface area contributed by atoms with E-state index in [1.165, 1.54) is 12.8 Å². The number of aromatic nitrogens is 3. The van der Waals surface area contributed by atoms with Gasteiger partial charge in [0.25, 0.3) is 5.91 Å². The third-order valence-corrected chi connectivity index (χ3v) is 3.52. The van der Waals surface area contributed by atoms with E-state index < -0.39 is 0 Å². The van der Waals surface area contributed by atoms with Gasteiger partial charge in [0.2, 0.25) is 0 Å². The van der Waals surface area contributed by atoms with Crippen LogP contribution in [0, 0.1) is 0 Å². The molecule has 3 rings (SSSR count). The lowest BCUT2D eigenvalue weighted by atomic mass is 10.1. The van der Waals surface area contributed by atoms with E-state index in [0.717, 1.165) is 29.7 Å². The monoisotopic (exact) mass is 259 g/mol. The zero-order chi connectivity index (χ0) is 13.4. The van der Waals surface area contributed by atoms with Crippen LogP contribution >= 0.6 is 0 Å². The van der Waals surface area contributed by atoms with Crippen molar-refractivity contribution < 1.29 is 4.79 Å². The molecule has 3 N–H and O–H groups in total. The van der Waals surface area contributed by atoms with E-state index >= 15 is 0 Å². The molecule has 3 heterocycles. The number of nitrogens with zero attached hydrogens (tertiary/aromatic N) is 3. The largest absolute Gasteiger partial charge is 0.397 e. The number of carbonyl (C=O) groups is 1. The predicted octanol–water partition coefficient (Wildman–Crippen LogP) is 1.45. The summed E-state index contributed by atoms with van der Waals surface area (Å²) in [4.78, 5) is 16.2. The molecule has 100 valence electrons. The fourth-order valence-corrected chi connectivity index (χ4v) is 2.47. The van der Waals surface area contributed by atoms with Crippen molar-refractivity contribution >= 4 is 22.6 Å². The Labute approximate surface area is 111 Å². The number of carbonyl (C=O) groups excluding carboxylic acids is 1. The van der Waals surface area contributed by atoms with Gasteiger partial charge < -0.3 is 11.1 Å². The Morgan fingerprint density at radius 1 is 1.47 bits per heavy atom. The van der Waals surface area contributed by atoms with Gasteiger partial charge in [0.15, 0.2) is 5.65 Å². The number of rotatable bonds is 4. The predicted molar refractivity (Wildman–Crippen MR) is 72.6 cm³/mol. The minimum Gasteiger partial charge on any atom is -0.397 e. The summed E-state index contributed by atoms with van der Waals surface area (Å²) in [7, 11) is 0. The van der Waals surface area contributed by atoms with Crippen molar-refractivity contribution in [2.24, 2.45) is 0 Å². The standard InChI is InChI=1S/C13H17N5O/c1-2-3-4-5-18-12-8(6-16-18)11(14)10-9(17-12)7-15-13(10)19/h6H,2-5,7H2,1H3,(H2,14,17)(H,15,19). The maximum Gasteiger partial charge on any atom is 0.255 e. The molecule has 2 aromatic rings. The van der Waals surface area contributed by atoms with Crippen LogP contribution in [0.15, 0.2) is 6.20 Å². The minimum atomic E-state index is -0.138. The molecule has 19 heavy (non-hydrogen) atoms. The third-order valence-electron chi connectivity index (χ3n) is 3.52. The number of nitrogens with one attached hydrogen (secondary N) is 1. The van der Waals surface area contributed by atoms with E-state index in [9.17, 15) is 4.79 Å². The van der Waals surface area contributed by atoms with Crippen LogP contribution in [0.1, 0.15) is 42.2 Å². The van der Waals surface area contributed by atoms with Gasteiger partial charge in [0.05, 0.1) is 35.1 Å². The molecular weight excluding hydrogens is 242 g/mol. The van der Waals surface area contributed by atoms with Gasteiger partial charge in [-0.05, 0) is 6.42 Å². The highest BCUT2D eigenvalue weighted by molar-refractivity contribution is 6.08. The molecule has 0 bridgehead atoms. The first kappa shape index (κ1) is 12.0. The summed E-state index contributed by atoms with van der Waals surface area (Å²) in [6.07, 6.45) is 5.11. The van der Waals surface area contributed by atoms with Crippen LogP contribution in [0.4, 0.5) is 5.69 Å². The summed E-state index contributed by atoms with van der Waals surface area (Å²) in [5.74, 6) is -0.138. The van der Waals surface area contributed by atoms with Gasteiger partial charge in [-0.1, -0.05) is 19.8 Å². The number of nitrogen functional groups attached to an aromatic ring is 1. The van der Waals surface area contributed by atoms with E-state index in [4.69, 9.17) is 5.73 Å². The zero-order valence-corrected chi connectivity index (χ0v) is 10.9. The highest BCUT2D eigenvalue weighted by atomic mass is 16.1. The first-order valence-electron chi connectivity index (χ1n) is 6.64. The van der Waals surface area contributed by atoms with Crippen LogP contribution in [0.2, 0.25) is 0 Å². The van der Waals surface area contributed by atoms with Crippen molar-refractivity contribution in [1.82, 2.24) is 20.1 Å². The average Bonchev–Trinajstić information content (AvgIpc) is 2.96. The van der Waals surface area contributed by atoms with Crippen molar-refractivity contribution in [2.45, 2.75) is 39.3 Å². The molecule has 6 nitrogen and oxygen atoms in total. The molecule has 0 atom stereocenters. The molecular formula is C13H17N5O.